The lowest BCUT2D eigenvalue weighted by Crippen LogP contribution is -2.35. The van der Waals surface area contributed by atoms with Crippen molar-refractivity contribution in [1.82, 2.24) is 4.98 Å². The zero-order chi connectivity index (χ0) is 13.7. The summed E-state index contributed by atoms with van der Waals surface area (Å²) in [5.74, 6) is 0.768. The Morgan fingerprint density at radius 3 is 2.63 bits per heavy atom. The third kappa shape index (κ3) is 3.55. The molecule has 3 nitrogen and oxygen atoms in total. The number of aromatic nitrogens is 1. The molecule has 0 aliphatic carbocycles. The predicted octanol–water partition coefficient (Wildman–Crippen LogP) is 2.90. The summed E-state index contributed by atoms with van der Waals surface area (Å²) in [6, 6.07) is 12.2. The minimum Gasteiger partial charge on any atom is -0.492 e. The third-order valence-electron chi connectivity index (χ3n) is 3.10. The van der Waals surface area contributed by atoms with Gasteiger partial charge in [0.2, 0.25) is 0 Å². The van der Waals surface area contributed by atoms with Gasteiger partial charge in [-0.3, -0.25) is 4.98 Å². The highest BCUT2D eigenvalue weighted by Gasteiger charge is 2.22. The standard InChI is InChI=1S/C16H20N2O/c1-3-19-15-9-14(11-18-12-15)16(2,17)10-13-7-5-4-6-8-13/h4-9,11-12H,3,10,17H2,1-2H3. The summed E-state index contributed by atoms with van der Waals surface area (Å²) in [4.78, 5) is 4.21. The molecular formula is C16H20N2O. The molecule has 0 spiro atoms. The van der Waals surface area contributed by atoms with E-state index in [1.54, 1.807) is 6.20 Å². The van der Waals surface area contributed by atoms with Gasteiger partial charge in [-0.05, 0) is 37.5 Å². The number of benzene rings is 1. The molecule has 0 aliphatic heterocycles. The summed E-state index contributed by atoms with van der Waals surface area (Å²) < 4.78 is 5.47. The lowest BCUT2D eigenvalue weighted by Gasteiger charge is -2.25. The zero-order valence-electron chi connectivity index (χ0n) is 11.5. The first-order chi connectivity index (χ1) is 9.12. The Labute approximate surface area is 114 Å². The van der Waals surface area contributed by atoms with Crippen LogP contribution in [0.5, 0.6) is 5.75 Å². The number of hydrogen-bond acceptors (Lipinski definition) is 3. The first-order valence-electron chi connectivity index (χ1n) is 6.53. The fourth-order valence-electron chi connectivity index (χ4n) is 2.10. The third-order valence-corrected chi connectivity index (χ3v) is 3.10. The molecule has 100 valence electrons. The number of hydrogen-bond donors (Lipinski definition) is 1. The number of ether oxygens (including phenoxy) is 1. The molecule has 2 aromatic rings. The summed E-state index contributed by atoms with van der Waals surface area (Å²) >= 11 is 0. The largest absolute Gasteiger partial charge is 0.492 e. The van der Waals surface area contributed by atoms with Crippen molar-refractivity contribution in [1.29, 1.82) is 0 Å². The molecule has 0 radical (unpaired) electrons. The monoisotopic (exact) mass is 256 g/mol. The number of rotatable bonds is 5. The van der Waals surface area contributed by atoms with Crippen LogP contribution in [0.15, 0.2) is 48.8 Å². The topological polar surface area (TPSA) is 48.1 Å². The summed E-state index contributed by atoms with van der Waals surface area (Å²) in [5.41, 5.74) is 8.19. The summed E-state index contributed by atoms with van der Waals surface area (Å²) in [7, 11) is 0. The fourth-order valence-corrected chi connectivity index (χ4v) is 2.10. The first-order valence-corrected chi connectivity index (χ1v) is 6.53. The summed E-state index contributed by atoms with van der Waals surface area (Å²) in [6.45, 7) is 4.61. The van der Waals surface area contributed by atoms with Gasteiger partial charge in [-0.25, -0.2) is 0 Å². The van der Waals surface area contributed by atoms with Crippen LogP contribution >= 0.6 is 0 Å². The van der Waals surface area contributed by atoms with E-state index in [0.717, 1.165) is 17.7 Å². The minimum absolute atomic E-state index is 0.457. The van der Waals surface area contributed by atoms with Crippen LogP contribution in [-0.2, 0) is 12.0 Å². The summed E-state index contributed by atoms with van der Waals surface area (Å²) in [5, 5.41) is 0. The van der Waals surface area contributed by atoms with E-state index < -0.39 is 5.54 Å². The highest BCUT2D eigenvalue weighted by molar-refractivity contribution is 5.31. The Morgan fingerprint density at radius 1 is 1.21 bits per heavy atom. The van der Waals surface area contributed by atoms with Gasteiger partial charge in [-0.15, -0.1) is 0 Å². The Kier molecular flexibility index (Phi) is 4.17. The van der Waals surface area contributed by atoms with Gasteiger partial charge in [0.25, 0.3) is 0 Å². The molecule has 1 unspecified atom stereocenters. The predicted molar refractivity (Wildman–Crippen MR) is 77.1 cm³/mol. The van der Waals surface area contributed by atoms with Crippen molar-refractivity contribution in [2.75, 3.05) is 6.61 Å². The zero-order valence-corrected chi connectivity index (χ0v) is 11.5. The molecule has 1 aromatic heterocycles. The lowest BCUT2D eigenvalue weighted by atomic mass is 9.87. The van der Waals surface area contributed by atoms with Crippen LogP contribution in [0, 0.1) is 0 Å². The second kappa shape index (κ2) is 5.85. The average molecular weight is 256 g/mol. The molecule has 3 heteroatoms. The molecule has 0 aliphatic rings. The van der Waals surface area contributed by atoms with Crippen molar-refractivity contribution in [2.45, 2.75) is 25.8 Å². The summed E-state index contributed by atoms with van der Waals surface area (Å²) in [6.07, 6.45) is 4.29. The normalized spacial score (nSPS) is 13.8. The van der Waals surface area contributed by atoms with Crippen molar-refractivity contribution < 1.29 is 4.74 Å². The van der Waals surface area contributed by atoms with E-state index in [9.17, 15) is 0 Å². The van der Waals surface area contributed by atoms with E-state index in [1.807, 2.05) is 44.3 Å². The van der Waals surface area contributed by atoms with E-state index in [2.05, 4.69) is 17.1 Å². The minimum atomic E-state index is -0.457. The maximum Gasteiger partial charge on any atom is 0.137 e. The molecule has 2 rings (SSSR count). The Morgan fingerprint density at radius 2 is 1.95 bits per heavy atom. The fraction of sp³-hybridized carbons (Fsp3) is 0.312. The van der Waals surface area contributed by atoms with Crippen molar-refractivity contribution in [3.05, 3.63) is 59.9 Å². The quantitative estimate of drug-likeness (QED) is 0.894. The van der Waals surface area contributed by atoms with Crippen LogP contribution in [0.2, 0.25) is 0 Å². The van der Waals surface area contributed by atoms with Crippen LogP contribution in [0.4, 0.5) is 0 Å². The number of pyridine rings is 1. The van der Waals surface area contributed by atoms with Gasteiger partial charge >= 0.3 is 0 Å². The van der Waals surface area contributed by atoms with Crippen molar-refractivity contribution in [2.24, 2.45) is 5.73 Å². The van der Waals surface area contributed by atoms with Crippen LogP contribution in [0.25, 0.3) is 0 Å². The van der Waals surface area contributed by atoms with Gasteiger partial charge in [-0.1, -0.05) is 30.3 Å². The molecule has 1 aromatic carbocycles. The Bertz CT molecular complexity index is 523. The van der Waals surface area contributed by atoms with E-state index >= 15 is 0 Å². The van der Waals surface area contributed by atoms with Gasteiger partial charge in [-0.2, -0.15) is 0 Å². The van der Waals surface area contributed by atoms with Crippen LogP contribution in [0.3, 0.4) is 0 Å². The molecule has 2 N–H and O–H groups in total. The molecule has 0 bridgehead atoms. The second-order valence-electron chi connectivity index (χ2n) is 4.92. The maximum absolute atomic E-state index is 6.44. The van der Waals surface area contributed by atoms with Gasteiger partial charge in [0.15, 0.2) is 0 Å². The number of nitrogens with two attached hydrogens (primary N) is 1. The Balaban J connectivity index is 2.21. The molecular weight excluding hydrogens is 236 g/mol. The first kappa shape index (κ1) is 13.6. The smallest absolute Gasteiger partial charge is 0.137 e. The van der Waals surface area contributed by atoms with E-state index in [0.29, 0.717) is 6.61 Å². The highest BCUT2D eigenvalue weighted by Crippen LogP contribution is 2.25. The van der Waals surface area contributed by atoms with Crippen LogP contribution < -0.4 is 10.5 Å². The number of nitrogens with zero attached hydrogens (tertiary/aromatic N) is 1. The van der Waals surface area contributed by atoms with Gasteiger partial charge in [0, 0.05) is 11.7 Å². The average Bonchev–Trinajstić information content (AvgIpc) is 2.40. The molecule has 0 saturated carbocycles. The molecule has 1 heterocycles. The van der Waals surface area contributed by atoms with E-state index in [-0.39, 0.29) is 0 Å². The van der Waals surface area contributed by atoms with Crippen molar-refractivity contribution in [3.8, 4) is 5.75 Å². The van der Waals surface area contributed by atoms with Crippen molar-refractivity contribution in [3.63, 3.8) is 0 Å². The second-order valence-corrected chi connectivity index (χ2v) is 4.92. The van der Waals surface area contributed by atoms with E-state index in [1.165, 1.54) is 5.56 Å². The molecule has 19 heavy (non-hydrogen) atoms. The highest BCUT2D eigenvalue weighted by atomic mass is 16.5. The lowest BCUT2D eigenvalue weighted by molar-refractivity contribution is 0.337. The van der Waals surface area contributed by atoms with Crippen LogP contribution in [0.1, 0.15) is 25.0 Å². The van der Waals surface area contributed by atoms with Gasteiger partial charge < -0.3 is 10.5 Å². The SMILES string of the molecule is CCOc1cncc(C(C)(N)Cc2ccccc2)c1. The molecule has 0 fully saturated rings. The maximum atomic E-state index is 6.44. The Hall–Kier alpha value is -1.87. The van der Waals surface area contributed by atoms with Crippen LogP contribution in [-0.4, -0.2) is 11.6 Å². The van der Waals surface area contributed by atoms with Gasteiger partial charge in [0.1, 0.15) is 5.75 Å². The van der Waals surface area contributed by atoms with E-state index in [4.69, 9.17) is 10.5 Å². The molecule has 0 saturated heterocycles. The van der Waals surface area contributed by atoms with Gasteiger partial charge in [0.05, 0.1) is 12.8 Å². The molecule has 0 amide bonds. The molecule has 1 atom stereocenters. The van der Waals surface area contributed by atoms with Crippen molar-refractivity contribution >= 4 is 0 Å².